The van der Waals surface area contributed by atoms with Gasteiger partial charge in [-0.3, -0.25) is 0 Å². The van der Waals surface area contributed by atoms with Gasteiger partial charge in [-0.2, -0.15) is 0 Å². The molecule has 5 nitrogen and oxygen atoms in total. The van der Waals surface area contributed by atoms with Gasteiger partial charge in [-0.1, -0.05) is 12.1 Å². The van der Waals surface area contributed by atoms with Crippen molar-refractivity contribution in [1.29, 1.82) is 0 Å². The van der Waals surface area contributed by atoms with E-state index in [0.29, 0.717) is 17.9 Å². The molecule has 0 bridgehead atoms. The Hall–Kier alpha value is -1.57. The third-order valence-electron chi connectivity index (χ3n) is 2.95. The number of ether oxygens (including phenoxy) is 1. The van der Waals surface area contributed by atoms with Gasteiger partial charge in [0.25, 0.3) is 0 Å². The maximum Gasteiger partial charge on any atom is 0.338 e. The Morgan fingerprint density at radius 3 is 2.85 bits per heavy atom. The fourth-order valence-corrected chi connectivity index (χ4v) is 2.68. The predicted molar refractivity (Wildman–Crippen MR) is 82.9 cm³/mol. The van der Waals surface area contributed by atoms with Crippen LogP contribution in [0.15, 0.2) is 35.5 Å². The van der Waals surface area contributed by atoms with E-state index in [2.05, 4.69) is 33.2 Å². The first-order chi connectivity index (χ1) is 9.52. The summed E-state index contributed by atoms with van der Waals surface area (Å²) in [5.74, 6) is -0.415. The number of nitrogens with one attached hydrogen (secondary N) is 2. The van der Waals surface area contributed by atoms with Crippen molar-refractivity contribution in [2.75, 3.05) is 6.61 Å². The summed E-state index contributed by atoms with van der Waals surface area (Å²) >= 11 is 2.19. The summed E-state index contributed by atoms with van der Waals surface area (Å²) in [6.07, 6.45) is 0. The number of carbonyl (C=O) groups is 2. The second-order valence-electron chi connectivity index (χ2n) is 4.35. The van der Waals surface area contributed by atoms with Gasteiger partial charge in [-0.25, -0.2) is 9.59 Å². The number of urea groups is 1. The first kappa shape index (κ1) is 14.8. The van der Waals surface area contributed by atoms with Crippen LogP contribution in [0.3, 0.4) is 0 Å². The topological polar surface area (TPSA) is 67.4 Å². The maximum absolute atomic E-state index is 12.1. The Balaban J connectivity index is 2.44. The Morgan fingerprint density at radius 2 is 2.20 bits per heavy atom. The van der Waals surface area contributed by atoms with E-state index in [0.717, 1.165) is 9.13 Å². The van der Waals surface area contributed by atoms with Crippen molar-refractivity contribution in [1.82, 2.24) is 10.6 Å². The first-order valence-electron chi connectivity index (χ1n) is 6.23. The summed E-state index contributed by atoms with van der Waals surface area (Å²) in [4.78, 5) is 23.8. The average Bonchev–Trinajstić information content (AvgIpc) is 2.37. The zero-order valence-electron chi connectivity index (χ0n) is 11.2. The highest BCUT2D eigenvalue weighted by atomic mass is 127. The minimum atomic E-state index is -0.488. The highest BCUT2D eigenvalue weighted by Gasteiger charge is 2.31. The van der Waals surface area contributed by atoms with E-state index in [1.807, 2.05) is 24.3 Å². The predicted octanol–water partition coefficient (Wildman–Crippen LogP) is 2.48. The van der Waals surface area contributed by atoms with Gasteiger partial charge in [0.1, 0.15) is 0 Å². The summed E-state index contributed by atoms with van der Waals surface area (Å²) < 4.78 is 6.11. The Bertz CT molecular complexity index is 584. The molecule has 0 spiro atoms. The second-order valence-corrected chi connectivity index (χ2v) is 5.59. The maximum atomic E-state index is 12.1. The van der Waals surface area contributed by atoms with Gasteiger partial charge < -0.3 is 15.4 Å². The van der Waals surface area contributed by atoms with Gasteiger partial charge >= 0.3 is 12.0 Å². The summed E-state index contributed by atoms with van der Waals surface area (Å²) in [7, 11) is 0. The Labute approximate surface area is 130 Å². The number of allylic oxidation sites excluding steroid dienone is 1. The number of carbonyl (C=O) groups excluding carboxylic acids is 2. The lowest BCUT2D eigenvalue weighted by Gasteiger charge is -2.28. The van der Waals surface area contributed by atoms with Crippen molar-refractivity contribution in [3.05, 3.63) is 44.7 Å². The fourth-order valence-electron chi connectivity index (χ4n) is 2.11. The summed E-state index contributed by atoms with van der Waals surface area (Å²) in [5.41, 5.74) is 1.82. The van der Waals surface area contributed by atoms with Crippen LogP contribution in [0.1, 0.15) is 25.5 Å². The summed E-state index contributed by atoms with van der Waals surface area (Å²) in [6.45, 7) is 3.75. The van der Waals surface area contributed by atoms with E-state index < -0.39 is 12.0 Å². The second kappa shape index (κ2) is 6.25. The highest BCUT2D eigenvalue weighted by Crippen LogP contribution is 2.28. The van der Waals surface area contributed by atoms with Crippen molar-refractivity contribution in [2.45, 2.75) is 19.9 Å². The smallest absolute Gasteiger partial charge is 0.338 e. The molecule has 2 rings (SSSR count). The van der Waals surface area contributed by atoms with Crippen molar-refractivity contribution in [2.24, 2.45) is 0 Å². The standard InChI is InChI=1S/C14H15IN2O3/c1-3-20-13(18)11-8(2)16-14(19)17-12(11)9-5-4-6-10(15)7-9/h4-7,12H,3H2,1-2H3,(H2,16,17,19). The van der Waals surface area contributed by atoms with Crippen LogP contribution in [-0.2, 0) is 9.53 Å². The van der Waals surface area contributed by atoms with Crippen LogP contribution in [-0.4, -0.2) is 18.6 Å². The molecule has 2 N–H and O–H groups in total. The third kappa shape index (κ3) is 3.12. The van der Waals surface area contributed by atoms with Crippen LogP contribution in [0.2, 0.25) is 0 Å². The van der Waals surface area contributed by atoms with Crippen LogP contribution in [0.5, 0.6) is 0 Å². The SMILES string of the molecule is CCOC(=O)C1=C(C)NC(=O)NC1c1cccc(I)c1. The van der Waals surface area contributed by atoms with Crippen LogP contribution in [0, 0.1) is 3.57 Å². The fraction of sp³-hybridized carbons (Fsp3) is 0.286. The first-order valence-corrected chi connectivity index (χ1v) is 7.31. The minimum Gasteiger partial charge on any atom is -0.463 e. The summed E-state index contributed by atoms with van der Waals surface area (Å²) in [5, 5.41) is 5.38. The molecule has 1 atom stereocenters. The minimum absolute atomic E-state index is 0.294. The molecule has 1 aromatic carbocycles. The van der Waals surface area contributed by atoms with Gasteiger partial charge in [0.05, 0.1) is 18.2 Å². The summed E-state index contributed by atoms with van der Waals surface area (Å²) in [6, 6.07) is 6.85. The van der Waals surface area contributed by atoms with Gasteiger partial charge in [-0.05, 0) is 54.1 Å². The Morgan fingerprint density at radius 1 is 1.45 bits per heavy atom. The molecule has 0 aliphatic carbocycles. The third-order valence-corrected chi connectivity index (χ3v) is 3.62. The lowest BCUT2D eigenvalue weighted by molar-refractivity contribution is -0.139. The Kier molecular flexibility index (Phi) is 4.64. The molecule has 0 fully saturated rings. The van der Waals surface area contributed by atoms with Gasteiger partial charge in [0, 0.05) is 9.27 Å². The largest absolute Gasteiger partial charge is 0.463 e. The number of benzene rings is 1. The number of halogens is 1. The molecule has 0 aromatic heterocycles. The van der Waals surface area contributed by atoms with E-state index in [-0.39, 0.29) is 6.03 Å². The molecule has 1 aromatic rings. The molecule has 1 aliphatic rings. The zero-order valence-corrected chi connectivity index (χ0v) is 13.4. The quantitative estimate of drug-likeness (QED) is 0.620. The molecule has 1 unspecified atom stereocenters. The molecular weight excluding hydrogens is 371 g/mol. The van der Waals surface area contributed by atoms with Crippen LogP contribution in [0.4, 0.5) is 4.79 Å². The molecule has 106 valence electrons. The normalized spacial score (nSPS) is 18.4. The van der Waals surface area contributed by atoms with E-state index in [1.54, 1.807) is 13.8 Å². The van der Waals surface area contributed by atoms with Crippen LogP contribution in [0.25, 0.3) is 0 Å². The van der Waals surface area contributed by atoms with Crippen molar-refractivity contribution in [3.63, 3.8) is 0 Å². The molecule has 0 saturated carbocycles. The zero-order chi connectivity index (χ0) is 14.7. The molecule has 0 saturated heterocycles. The average molecular weight is 386 g/mol. The number of esters is 1. The number of rotatable bonds is 3. The van der Waals surface area contributed by atoms with Crippen LogP contribution >= 0.6 is 22.6 Å². The van der Waals surface area contributed by atoms with Crippen molar-refractivity contribution >= 4 is 34.6 Å². The molecule has 2 amide bonds. The van der Waals surface area contributed by atoms with Crippen LogP contribution < -0.4 is 10.6 Å². The van der Waals surface area contributed by atoms with Crippen molar-refractivity contribution in [3.8, 4) is 0 Å². The molecular formula is C14H15IN2O3. The van der Waals surface area contributed by atoms with E-state index in [1.165, 1.54) is 0 Å². The lowest BCUT2D eigenvalue weighted by atomic mass is 9.96. The molecule has 6 heteroatoms. The van der Waals surface area contributed by atoms with E-state index >= 15 is 0 Å². The van der Waals surface area contributed by atoms with Gasteiger partial charge in [0.2, 0.25) is 0 Å². The van der Waals surface area contributed by atoms with Gasteiger partial charge in [0.15, 0.2) is 0 Å². The lowest BCUT2D eigenvalue weighted by Crippen LogP contribution is -2.45. The van der Waals surface area contributed by atoms with E-state index in [4.69, 9.17) is 4.74 Å². The van der Waals surface area contributed by atoms with Crippen molar-refractivity contribution < 1.29 is 14.3 Å². The molecule has 20 heavy (non-hydrogen) atoms. The molecule has 0 radical (unpaired) electrons. The molecule has 1 heterocycles. The number of hydrogen-bond acceptors (Lipinski definition) is 3. The highest BCUT2D eigenvalue weighted by molar-refractivity contribution is 14.1. The monoisotopic (exact) mass is 386 g/mol. The van der Waals surface area contributed by atoms with E-state index in [9.17, 15) is 9.59 Å². The molecule has 1 aliphatic heterocycles. The van der Waals surface area contributed by atoms with Gasteiger partial charge in [-0.15, -0.1) is 0 Å². The number of hydrogen-bond donors (Lipinski definition) is 2. The number of amides is 2.